The largest absolute Gasteiger partial charge is 0.493 e. The Hall–Kier alpha value is -2.35. The summed E-state index contributed by atoms with van der Waals surface area (Å²) in [6.07, 6.45) is -1.84. The Bertz CT molecular complexity index is 453. The predicted octanol–water partition coefficient (Wildman–Crippen LogP) is 0.547. The van der Waals surface area contributed by atoms with Crippen molar-refractivity contribution in [2.75, 3.05) is 34.5 Å². The summed E-state index contributed by atoms with van der Waals surface area (Å²) in [6, 6.07) is 3.17. The van der Waals surface area contributed by atoms with Gasteiger partial charge >= 0.3 is 6.09 Å². The summed E-state index contributed by atoms with van der Waals surface area (Å²) in [5, 5.41) is 9.05. The first kappa shape index (κ1) is 16.7. The molecule has 0 fully saturated rings. The van der Waals surface area contributed by atoms with Crippen molar-refractivity contribution >= 4 is 6.09 Å². The van der Waals surface area contributed by atoms with Crippen molar-refractivity contribution in [1.82, 2.24) is 0 Å². The van der Waals surface area contributed by atoms with Gasteiger partial charge in [0, 0.05) is 12.1 Å². The lowest BCUT2D eigenvalue weighted by Crippen LogP contribution is -2.31. The number of aliphatic hydroxyl groups excluding tert-OH is 1. The monoisotopic (exact) mass is 301 g/mol. The van der Waals surface area contributed by atoms with Gasteiger partial charge in [0.25, 0.3) is 0 Å². The fourth-order valence-electron chi connectivity index (χ4n) is 1.62. The molecule has 0 aliphatic heterocycles. The van der Waals surface area contributed by atoms with E-state index in [2.05, 4.69) is 4.74 Å². The van der Waals surface area contributed by atoms with Gasteiger partial charge < -0.3 is 34.5 Å². The minimum atomic E-state index is -0.984. The molecule has 0 spiro atoms. The van der Waals surface area contributed by atoms with Crippen LogP contribution in [0.3, 0.4) is 0 Å². The number of benzene rings is 1. The summed E-state index contributed by atoms with van der Waals surface area (Å²) < 4.78 is 25.6. The van der Waals surface area contributed by atoms with Crippen molar-refractivity contribution in [1.29, 1.82) is 0 Å². The van der Waals surface area contributed by atoms with Gasteiger partial charge in [0.15, 0.2) is 17.6 Å². The quantitative estimate of drug-likeness (QED) is 0.721. The van der Waals surface area contributed by atoms with Crippen LogP contribution in [0.15, 0.2) is 12.1 Å². The Balaban J connectivity index is 2.86. The van der Waals surface area contributed by atoms with E-state index in [1.54, 1.807) is 12.1 Å². The number of methoxy groups -OCH3 is 3. The molecule has 0 saturated heterocycles. The van der Waals surface area contributed by atoms with Gasteiger partial charge in [-0.3, -0.25) is 0 Å². The van der Waals surface area contributed by atoms with Crippen molar-refractivity contribution in [3.8, 4) is 23.0 Å². The number of carbonyl (C=O) groups is 1. The van der Waals surface area contributed by atoms with Crippen LogP contribution in [-0.4, -0.2) is 51.8 Å². The average Bonchev–Trinajstić information content (AvgIpc) is 2.49. The molecule has 1 atom stereocenters. The highest BCUT2D eigenvalue weighted by molar-refractivity contribution is 5.64. The molecule has 0 heterocycles. The Kier molecular flexibility index (Phi) is 6.41. The third kappa shape index (κ3) is 4.60. The number of aliphatic hydroxyl groups is 1. The highest BCUT2D eigenvalue weighted by Gasteiger charge is 2.16. The fraction of sp³-hybridized carbons (Fsp3) is 0.462. The summed E-state index contributed by atoms with van der Waals surface area (Å²) in [6.45, 7) is -0.481. The van der Waals surface area contributed by atoms with Crippen LogP contribution in [0.25, 0.3) is 0 Å². The molecule has 118 valence electrons. The molecule has 0 aliphatic carbocycles. The molecule has 0 aromatic heterocycles. The van der Waals surface area contributed by atoms with Crippen LogP contribution in [0.1, 0.15) is 0 Å². The van der Waals surface area contributed by atoms with Gasteiger partial charge in [-0.15, -0.1) is 0 Å². The Morgan fingerprint density at radius 2 is 1.76 bits per heavy atom. The van der Waals surface area contributed by atoms with E-state index in [1.807, 2.05) is 0 Å². The molecule has 0 bridgehead atoms. The first-order valence-corrected chi connectivity index (χ1v) is 6.05. The summed E-state index contributed by atoms with van der Waals surface area (Å²) in [4.78, 5) is 10.6. The lowest BCUT2D eigenvalue weighted by Gasteiger charge is -2.17. The molecule has 0 aliphatic rings. The third-order valence-corrected chi connectivity index (χ3v) is 2.56. The van der Waals surface area contributed by atoms with Crippen molar-refractivity contribution < 1.29 is 33.6 Å². The Morgan fingerprint density at radius 1 is 1.19 bits per heavy atom. The van der Waals surface area contributed by atoms with Crippen LogP contribution in [0, 0.1) is 0 Å². The first-order chi connectivity index (χ1) is 10.0. The van der Waals surface area contributed by atoms with Gasteiger partial charge in [-0.25, -0.2) is 4.79 Å². The summed E-state index contributed by atoms with van der Waals surface area (Å²) in [5.74, 6) is 1.67. The normalized spacial score (nSPS) is 11.4. The highest BCUT2D eigenvalue weighted by Crippen LogP contribution is 2.40. The molecule has 0 radical (unpaired) electrons. The Labute approximate surface area is 122 Å². The van der Waals surface area contributed by atoms with Crippen LogP contribution in [-0.2, 0) is 4.74 Å². The molecule has 1 rings (SSSR count). The second-order valence-corrected chi connectivity index (χ2v) is 3.91. The second kappa shape index (κ2) is 8.05. The first-order valence-electron chi connectivity index (χ1n) is 6.05. The highest BCUT2D eigenvalue weighted by atomic mass is 16.6. The lowest BCUT2D eigenvalue weighted by atomic mass is 10.2. The minimum Gasteiger partial charge on any atom is -0.493 e. The van der Waals surface area contributed by atoms with Crippen LogP contribution < -0.4 is 24.7 Å². The van der Waals surface area contributed by atoms with Crippen LogP contribution in [0.4, 0.5) is 4.79 Å². The Morgan fingerprint density at radius 3 is 2.14 bits per heavy atom. The number of rotatable bonds is 8. The number of nitrogens with two attached hydrogens (primary N) is 1. The van der Waals surface area contributed by atoms with E-state index in [0.717, 1.165) is 0 Å². The van der Waals surface area contributed by atoms with Crippen LogP contribution in [0.2, 0.25) is 0 Å². The number of amides is 1. The predicted molar refractivity (Wildman–Crippen MR) is 73.1 cm³/mol. The maximum atomic E-state index is 10.6. The SMILES string of the molecule is COc1cc(OCC(CO)OC(N)=O)cc(OC)c1OC. The smallest absolute Gasteiger partial charge is 0.404 e. The molecule has 8 heteroatoms. The lowest BCUT2D eigenvalue weighted by molar-refractivity contribution is 0.0334. The zero-order valence-corrected chi connectivity index (χ0v) is 12.1. The van der Waals surface area contributed by atoms with Gasteiger partial charge in [-0.1, -0.05) is 0 Å². The molecule has 1 unspecified atom stereocenters. The van der Waals surface area contributed by atoms with E-state index in [-0.39, 0.29) is 6.61 Å². The van der Waals surface area contributed by atoms with E-state index in [9.17, 15) is 4.79 Å². The van der Waals surface area contributed by atoms with Crippen molar-refractivity contribution in [2.24, 2.45) is 5.73 Å². The summed E-state index contributed by atoms with van der Waals surface area (Å²) in [5.41, 5.74) is 4.88. The number of primary amides is 1. The van der Waals surface area contributed by atoms with Gasteiger partial charge in [0.2, 0.25) is 5.75 Å². The molecular formula is C13H19NO7. The standard InChI is InChI=1S/C13H19NO7/c1-17-10-4-8(5-11(18-2)12(10)19-3)20-7-9(6-15)21-13(14)16/h4-5,9,15H,6-7H2,1-3H3,(H2,14,16). The summed E-state index contributed by atoms with van der Waals surface area (Å²) >= 11 is 0. The van der Waals surface area contributed by atoms with E-state index >= 15 is 0 Å². The maximum absolute atomic E-state index is 10.6. The maximum Gasteiger partial charge on any atom is 0.404 e. The van der Waals surface area contributed by atoms with Gasteiger partial charge in [-0.05, 0) is 0 Å². The second-order valence-electron chi connectivity index (χ2n) is 3.91. The number of ether oxygens (including phenoxy) is 5. The minimum absolute atomic E-state index is 0.0714. The van der Waals surface area contributed by atoms with Crippen molar-refractivity contribution in [2.45, 2.75) is 6.10 Å². The topological polar surface area (TPSA) is 109 Å². The zero-order valence-electron chi connectivity index (χ0n) is 12.1. The number of hydrogen-bond donors (Lipinski definition) is 2. The van der Waals surface area contributed by atoms with E-state index in [4.69, 9.17) is 29.8 Å². The van der Waals surface area contributed by atoms with Crippen molar-refractivity contribution in [3.63, 3.8) is 0 Å². The molecule has 8 nitrogen and oxygen atoms in total. The van der Waals surface area contributed by atoms with Gasteiger partial charge in [0.1, 0.15) is 12.4 Å². The number of carbonyl (C=O) groups excluding carboxylic acids is 1. The zero-order chi connectivity index (χ0) is 15.8. The summed E-state index contributed by atoms with van der Waals surface area (Å²) in [7, 11) is 4.45. The van der Waals surface area contributed by atoms with Gasteiger partial charge in [0.05, 0.1) is 27.9 Å². The molecule has 1 aromatic carbocycles. The molecule has 21 heavy (non-hydrogen) atoms. The molecule has 1 amide bonds. The van der Waals surface area contributed by atoms with Crippen molar-refractivity contribution in [3.05, 3.63) is 12.1 Å². The van der Waals surface area contributed by atoms with Crippen LogP contribution >= 0.6 is 0 Å². The fourth-order valence-corrected chi connectivity index (χ4v) is 1.62. The molecule has 0 saturated carbocycles. The van der Waals surface area contributed by atoms with Gasteiger partial charge in [-0.2, -0.15) is 0 Å². The third-order valence-electron chi connectivity index (χ3n) is 2.56. The number of hydrogen-bond acceptors (Lipinski definition) is 7. The molecular weight excluding hydrogens is 282 g/mol. The molecule has 3 N–H and O–H groups in total. The van der Waals surface area contributed by atoms with E-state index < -0.39 is 18.8 Å². The van der Waals surface area contributed by atoms with E-state index in [1.165, 1.54) is 21.3 Å². The van der Waals surface area contributed by atoms with E-state index in [0.29, 0.717) is 23.0 Å². The average molecular weight is 301 g/mol. The molecule has 1 aromatic rings. The van der Waals surface area contributed by atoms with Crippen LogP contribution in [0.5, 0.6) is 23.0 Å².